The Kier molecular flexibility index (Phi) is 3.52. The van der Waals surface area contributed by atoms with Crippen molar-refractivity contribution in [2.45, 2.75) is 44.8 Å². The second kappa shape index (κ2) is 4.24. The molecular formula is C10H16F3NO2. The molecule has 3 N–H and O–H groups in total. The number of alkyl halides is 3. The number of carboxylic acid groups (broad SMARTS) is 1. The van der Waals surface area contributed by atoms with E-state index in [-0.39, 0.29) is 11.8 Å². The lowest BCUT2D eigenvalue weighted by Crippen LogP contribution is -2.37. The van der Waals surface area contributed by atoms with Crippen molar-refractivity contribution in [1.29, 1.82) is 0 Å². The molecule has 1 saturated carbocycles. The van der Waals surface area contributed by atoms with Gasteiger partial charge in [0, 0.05) is 6.04 Å². The molecule has 0 heterocycles. The molecule has 1 aliphatic rings. The Bertz CT molecular complexity index is 274. The molecule has 0 radical (unpaired) electrons. The first kappa shape index (κ1) is 13.3. The third kappa shape index (κ3) is 3.37. The maximum absolute atomic E-state index is 12.5. The van der Waals surface area contributed by atoms with Crippen LogP contribution in [0.5, 0.6) is 0 Å². The summed E-state index contributed by atoms with van der Waals surface area (Å²) in [4.78, 5) is 10.4. The van der Waals surface area contributed by atoms with E-state index in [9.17, 15) is 18.0 Å². The molecule has 1 rings (SSSR count). The number of hydrogen-bond donors (Lipinski definition) is 2. The molecular weight excluding hydrogens is 223 g/mol. The van der Waals surface area contributed by atoms with Crippen molar-refractivity contribution in [3.63, 3.8) is 0 Å². The minimum absolute atomic E-state index is 0.220. The molecule has 0 aromatic heterocycles. The number of nitrogens with two attached hydrogens (primary N) is 1. The molecule has 6 heteroatoms. The Morgan fingerprint density at radius 2 is 2.00 bits per heavy atom. The first-order valence-corrected chi connectivity index (χ1v) is 5.19. The first-order chi connectivity index (χ1) is 7.15. The summed E-state index contributed by atoms with van der Waals surface area (Å²) in [5.74, 6) is -3.27. The quantitative estimate of drug-likeness (QED) is 0.772. The predicted octanol–water partition coefficient (Wildman–Crippen LogP) is 2.16. The second-order valence-electron chi connectivity index (χ2n) is 4.83. The maximum atomic E-state index is 12.5. The van der Waals surface area contributed by atoms with E-state index in [0.29, 0.717) is 0 Å². The van der Waals surface area contributed by atoms with E-state index in [1.54, 1.807) is 0 Å². The molecule has 1 fully saturated rings. The van der Waals surface area contributed by atoms with Crippen LogP contribution in [0.4, 0.5) is 13.2 Å². The maximum Gasteiger partial charge on any atom is 0.392 e. The van der Waals surface area contributed by atoms with Gasteiger partial charge < -0.3 is 10.8 Å². The van der Waals surface area contributed by atoms with Crippen molar-refractivity contribution in [2.75, 3.05) is 0 Å². The zero-order chi connectivity index (χ0) is 12.6. The lowest BCUT2D eigenvalue weighted by atomic mass is 9.88. The van der Waals surface area contributed by atoms with Crippen LogP contribution < -0.4 is 5.73 Å². The van der Waals surface area contributed by atoms with Gasteiger partial charge in [-0.3, -0.25) is 4.79 Å². The van der Waals surface area contributed by atoms with Gasteiger partial charge in [0.05, 0.1) is 12.3 Å². The smallest absolute Gasteiger partial charge is 0.392 e. The Labute approximate surface area is 91.8 Å². The lowest BCUT2D eigenvalue weighted by Gasteiger charge is -2.25. The Morgan fingerprint density at radius 1 is 1.50 bits per heavy atom. The van der Waals surface area contributed by atoms with Crippen molar-refractivity contribution in [2.24, 2.45) is 17.1 Å². The molecule has 0 aromatic carbocycles. The van der Waals surface area contributed by atoms with Crippen molar-refractivity contribution in [3.8, 4) is 0 Å². The van der Waals surface area contributed by atoms with Gasteiger partial charge in [-0.25, -0.2) is 0 Å². The highest BCUT2D eigenvalue weighted by atomic mass is 19.4. The molecule has 2 atom stereocenters. The molecule has 0 aromatic rings. The van der Waals surface area contributed by atoms with Gasteiger partial charge in [0.1, 0.15) is 0 Å². The average molecular weight is 239 g/mol. The van der Waals surface area contributed by atoms with Crippen LogP contribution in [0.3, 0.4) is 0 Å². The van der Waals surface area contributed by atoms with Crippen molar-refractivity contribution in [3.05, 3.63) is 0 Å². The van der Waals surface area contributed by atoms with Crippen molar-refractivity contribution < 1.29 is 23.1 Å². The van der Waals surface area contributed by atoms with Gasteiger partial charge in [0.2, 0.25) is 0 Å². The van der Waals surface area contributed by atoms with Crippen LogP contribution in [0.2, 0.25) is 0 Å². The summed E-state index contributed by atoms with van der Waals surface area (Å²) >= 11 is 0. The van der Waals surface area contributed by atoms with E-state index in [1.807, 2.05) is 6.92 Å². The molecule has 2 unspecified atom stereocenters. The van der Waals surface area contributed by atoms with Crippen molar-refractivity contribution in [1.82, 2.24) is 0 Å². The zero-order valence-corrected chi connectivity index (χ0v) is 9.05. The van der Waals surface area contributed by atoms with Crippen molar-refractivity contribution >= 4 is 5.97 Å². The fraction of sp³-hybridized carbons (Fsp3) is 0.900. The molecule has 0 aliphatic heterocycles. The van der Waals surface area contributed by atoms with E-state index < -0.39 is 30.5 Å². The van der Waals surface area contributed by atoms with E-state index in [0.717, 1.165) is 12.8 Å². The van der Waals surface area contributed by atoms with Gasteiger partial charge >= 0.3 is 12.1 Å². The zero-order valence-electron chi connectivity index (χ0n) is 9.05. The summed E-state index contributed by atoms with van der Waals surface area (Å²) in [5, 5.41) is 8.44. The molecule has 0 amide bonds. The topological polar surface area (TPSA) is 63.3 Å². The fourth-order valence-electron chi connectivity index (χ4n) is 1.70. The molecule has 1 aliphatic carbocycles. The highest BCUT2D eigenvalue weighted by Gasteiger charge is 2.48. The second-order valence-corrected chi connectivity index (χ2v) is 4.83. The molecule has 3 nitrogen and oxygen atoms in total. The number of halogens is 3. The van der Waals surface area contributed by atoms with Gasteiger partial charge in [-0.2, -0.15) is 13.2 Å². The first-order valence-electron chi connectivity index (χ1n) is 5.19. The molecule has 0 spiro atoms. The average Bonchev–Trinajstić information content (AvgIpc) is 2.81. The summed E-state index contributed by atoms with van der Waals surface area (Å²) in [6, 6.07) is -0.571. The Hall–Kier alpha value is -0.780. The third-order valence-corrected chi connectivity index (χ3v) is 3.36. The van der Waals surface area contributed by atoms with Crippen LogP contribution >= 0.6 is 0 Å². The largest absolute Gasteiger partial charge is 0.481 e. The number of hydrogen-bond acceptors (Lipinski definition) is 2. The van der Waals surface area contributed by atoms with Gasteiger partial charge in [0.25, 0.3) is 0 Å². The van der Waals surface area contributed by atoms with Crippen LogP contribution in [0.1, 0.15) is 32.6 Å². The number of aliphatic carboxylic acids is 1. The van der Waals surface area contributed by atoms with E-state index >= 15 is 0 Å². The van der Waals surface area contributed by atoms with Gasteiger partial charge in [-0.15, -0.1) is 0 Å². The van der Waals surface area contributed by atoms with E-state index in [4.69, 9.17) is 10.8 Å². The highest BCUT2D eigenvalue weighted by molar-refractivity contribution is 5.67. The number of carboxylic acids is 1. The summed E-state index contributed by atoms with van der Waals surface area (Å²) in [6.07, 6.45) is -4.03. The predicted molar refractivity (Wildman–Crippen MR) is 51.7 cm³/mol. The van der Waals surface area contributed by atoms with Gasteiger partial charge in [0.15, 0.2) is 0 Å². The molecule has 16 heavy (non-hydrogen) atoms. The van der Waals surface area contributed by atoms with Crippen LogP contribution in [0, 0.1) is 11.3 Å². The molecule has 94 valence electrons. The summed E-state index contributed by atoms with van der Waals surface area (Å²) in [5.41, 5.74) is 5.47. The lowest BCUT2D eigenvalue weighted by molar-refractivity contribution is -0.186. The molecule has 0 bridgehead atoms. The normalized spacial score (nSPS) is 22.6. The van der Waals surface area contributed by atoms with E-state index in [1.165, 1.54) is 0 Å². The minimum Gasteiger partial charge on any atom is -0.481 e. The van der Waals surface area contributed by atoms with Crippen LogP contribution in [0.25, 0.3) is 0 Å². The summed E-state index contributed by atoms with van der Waals surface area (Å²) in [6.45, 7) is 1.84. The van der Waals surface area contributed by atoms with Crippen LogP contribution in [-0.4, -0.2) is 23.3 Å². The summed E-state index contributed by atoms with van der Waals surface area (Å²) in [7, 11) is 0. The Morgan fingerprint density at radius 3 is 2.31 bits per heavy atom. The SMILES string of the molecule is CC1(C(N)CC(CC(=O)O)C(F)(F)F)CC1. The number of rotatable bonds is 5. The van der Waals surface area contributed by atoms with Crippen LogP contribution in [0.15, 0.2) is 0 Å². The molecule has 0 saturated heterocycles. The number of carbonyl (C=O) groups is 1. The highest BCUT2D eigenvalue weighted by Crippen LogP contribution is 2.50. The Balaban J connectivity index is 2.59. The van der Waals surface area contributed by atoms with E-state index in [2.05, 4.69) is 0 Å². The minimum atomic E-state index is -4.48. The monoisotopic (exact) mass is 239 g/mol. The third-order valence-electron chi connectivity index (χ3n) is 3.36. The standard InChI is InChI=1S/C10H16F3NO2/c1-9(2-3-9)7(14)4-6(5-8(15)16)10(11,12)13/h6-7H,2-5,14H2,1H3,(H,15,16). The van der Waals surface area contributed by atoms with Gasteiger partial charge in [-0.05, 0) is 24.7 Å². The van der Waals surface area contributed by atoms with Gasteiger partial charge in [-0.1, -0.05) is 6.92 Å². The van der Waals surface area contributed by atoms with Crippen LogP contribution in [-0.2, 0) is 4.79 Å². The summed E-state index contributed by atoms with van der Waals surface area (Å²) < 4.78 is 37.6. The fourth-order valence-corrected chi connectivity index (χ4v) is 1.70.